The second kappa shape index (κ2) is 9.17. The Balaban J connectivity index is 1.85. The average molecular weight is 352 g/mol. The lowest BCUT2D eigenvalue weighted by molar-refractivity contribution is -0.0930. The van der Waals surface area contributed by atoms with Gasteiger partial charge in [0.1, 0.15) is 6.79 Å². The van der Waals surface area contributed by atoms with E-state index in [0.717, 1.165) is 24.6 Å². The lowest BCUT2D eigenvalue weighted by Crippen LogP contribution is -2.46. The molecule has 1 saturated heterocycles. The van der Waals surface area contributed by atoms with E-state index < -0.39 is 8.07 Å². The molecule has 3 N–H and O–H groups in total. The summed E-state index contributed by atoms with van der Waals surface area (Å²) in [6, 6.07) is 10.9. The Morgan fingerprint density at radius 2 is 1.96 bits per heavy atom. The molecule has 24 heavy (non-hydrogen) atoms. The predicted octanol–water partition coefficient (Wildman–Crippen LogP) is 2.11. The normalized spacial score (nSPS) is 21.7. The predicted molar refractivity (Wildman–Crippen MR) is 97.4 cm³/mol. The minimum atomic E-state index is -1.09. The summed E-state index contributed by atoms with van der Waals surface area (Å²) >= 11 is 0. The highest BCUT2D eigenvalue weighted by Gasteiger charge is 2.27. The van der Waals surface area contributed by atoms with Gasteiger partial charge in [-0.2, -0.15) is 0 Å². The molecule has 1 aliphatic heterocycles. The number of hydrazine groups is 1. The van der Waals surface area contributed by atoms with Crippen LogP contribution in [0.15, 0.2) is 30.3 Å². The number of hydrogen-bond acceptors (Lipinski definition) is 4. The van der Waals surface area contributed by atoms with Crippen LogP contribution in [0.4, 0.5) is 4.79 Å². The molecule has 1 heterocycles. The SMILES string of the molecule is C[Si](C)(C)CCOCO[C@@H]1CNNC(=O)N[C@@H]1Cc1ccccc1. The molecule has 0 saturated carbocycles. The maximum Gasteiger partial charge on any atom is 0.329 e. The molecule has 1 aromatic carbocycles. The average Bonchev–Trinajstić information content (AvgIpc) is 2.68. The van der Waals surface area contributed by atoms with Crippen LogP contribution in [0.2, 0.25) is 25.7 Å². The zero-order valence-electron chi connectivity index (χ0n) is 14.8. The lowest BCUT2D eigenvalue weighted by Gasteiger charge is -2.25. The highest BCUT2D eigenvalue weighted by atomic mass is 28.3. The van der Waals surface area contributed by atoms with Crippen molar-refractivity contribution in [1.82, 2.24) is 16.2 Å². The topological polar surface area (TPSA) is 71.6 Å². The van der Waals surface area contributed by atoms with E-state index >= 15 is 0 Å². The Morgan fingerprint density at radius 3 is 2.67 bits per heavy atom. The fourth-order valence-corrected chi connectivity index (χ4v) is 3.23. The molecule has 6 nitrogen and oxygen atoms in total. The van der Waals surface area contributed by atoms with Gasteiger partial charge >= 0.3 is 6.03 Å². The molecule has 0 radical (unpaired) electrons. The second-order valence-corrected chi connectivity index (χ2v) is 12.9. The first-order valence-corrected chi connectivity index (χ1v) is 12.2. The first-order chi connectivity index (χ1) is 11.4. The Kier molecular flexibility index (Phi) is 7.23. The molecule has 0 spiro atoms. The van der Waals surface area contributed by atoms with Crippen LogP contribution in [0.25, 0.3) is 0 Å². The summed E-state index contributed by atoms with van der Waals surface area (Å²) < 4.78 is 11.5. The van der Waals surface area contributed by atoms with E-state index in [-0.39, 0.29) is 25.0 Å². The highest BCUT2D eigenvalue weighted by molar-refractivity contribution is 6.76. The summed E-state index contributed by atoms with van der Waals surface area (Å²) in [5, 5.41) is 2.96. The maximum absolute atomic E-state index is 11.7. The molecule has 7 heteroatoms. The van der Waals surface area contributed by atoms with Crippen LogP contribution in [0.3, 0.4) is 0 Å². The van der Waals surface area contributed by atoms with Crippen molar-refractivity contribution in [2.24, 2.45) is 0 Å². The van der Waals surface area contributed by atoms with Crippen molar-refractivity contribution < 1.29 is 14.3 Å². The Morgan fingerprint density at radius 1 is 1.21 bits per heavy atom. The minimum Gasteiger partial charge on any atom is -0.356 e. The monoisotopic (exact) mass is 351 g/mol. The van der Waals surface area contributed by atoms with Crippen molar-refractivity contribution in [2.75, 3.05) is 19.9 Å². The van der Waals surface area contributed by atoms with Crippen molar-refractivity contribution in [3.8, 4) is 0 Å². The Labute approximate surface area is 145 Å². The summed E-state index contributed by atoms with van der Waals surface area (Å²) in [4.78, 5) is 11.7. The molecule has 0 bridgehead atoms. The third-order valence-corrected chi connectivity index (χ3v) is 5.63. The van der Waals surface area contributed by atoms with Crippen LogP contribution in [-0.4, -0.2) is 46.2 Å². The Hall–Kier alpha value is -1.41. The molecule has 134 valence electrons. The molecule has 1 aromatic rings. The maximum atomic E-state index is 11.7. The lowest BCUT2D eigenvalue weighted by atomic mass is 10.0. The molecule has 0 unspecified atom stereocenters. The zero-order chi connectivity index (χ0) is 17.4. The van der Waals surface area contributed by atoms with Crippen LogP contribution < -0.4 is 16.2 Å². The zero-order valence-corrected chi connectivity index (χ0v) is 15.8. The number of hydrogen-bond donors (Lipinski definition) is 3. The summed E-state index contributed by atoms with van der Waals surface area (Å²) in [6.07, 6.45) is 0.561. The van der Waals surface area contributed by atoms with E-state index in [4.69, 9.17) is 9.47 Å². The van der Waals surface area contributed by atoms with Crippen LogP contribution in [-0.2, 0) is 15.9 Å². The van der Waals surface area contributed by atoms with Crippen molar-refractivity contribution in [1.29, 1.82) is 0 Å². The van der Waals surface area contributed by atoms with Crippen molar-refractivity contribution in [3.63, 3.8) is 0 Å². The number of carbonyl (C=O) groups excluding carboxylic acids is 1. The van der Waals surface area contributed by atoms with Crippen molar-refractivity contribution >= 4 is 14.1 Å². The van der Waals surface area contributed by atoms with Gasteiger partial charge in [-0.1, -0.05) is 50.0 Å². The number of ether oxygens (including phenoxy) is 2. The fraction of sp³-hybridized carbons (Fsp3) is 0.588. The first-order valence-electron chi connectivity index (χ1n) is 8.47. The number of amides is 2. The summed E-state index contributed by atoms with van der Waals surface area (Å²) in [7, 11) is -1.09. The standard InChI is InChI=1S/C17H29N3O3Si/c1-24(2,3)10-9-22-13-23-16-12-18-20-17(21)19-15(16)11-14-7-5-4-6-8-14/h4-8,15-16,18H,9-13H2,1-3H3,(H2,19,20,21)/t15-,16-/m1/s1. The third kappa shape index (κ3) is 7.00. The van der Waals surface area contributed by atoms with Gasteiger partial charge in [-0.05, 0) is 18.0 Å². The van der Waals surface area contributed by atoms with E-state index in [1.54, 1.807) is 0 Å². The molecule has 1 aliphatic rings. The van der Waals surface area contributed by atoms with E-state index in [1.165, 1.54) is 0 Å². The van der Waals surface area contributed by atoms with Gasteiger partial charge in [0.25, 0.3) is 0 Å². The molecule has 2 atom stereocenters. The van der Waals surface area contributed by atoms with Gasteiger partial charge in [0.15, 0.2) is 0 Å². The van der Waals surface area contributed by atoms with E-state index in [0.29, 0.717) is 6.54 Å². The molecule has 2 rings (SSSR count). The first kappa shape index (κ1) is 18.9. The molecular weight excluding hydrogens is 322 g/mol. The van der Waals surface area contributed by atoms with Crippen LogP contribution >= 0.6 is 0 Å². The largest absolute Gasteiger partial charge is 0.356 e. The van der Waals surface area contributed by atoms with Crippen LogP contribution in [0, 0.1) is 0 Å². The quantitative estimate of drug-likeness (QED) is 0.381. The third-order valence-electron chi connectivity index (χ3n) is 3.93. The summed E-state index contributed by atoms with van der Waals surface area (Å²) in [6.45, 7) is 8.48. The van der Waals surface area contributed by atoms with Crippen LogP contribution in [0.5, 0.6) is 0 Å². The van der Waals surface area contributed by atoms with Crippen molar-refractivity contribution in [2.45, 2.75) is 44.3 Å². The van der Waals surface area contributed by atoms with Gasteiger partial charge in [0.2, 0.25) is 0 Å². The molecular formula is C17H29N3O3Si. The van der Waals surface area contributed by atoms with Crippen LogP contribution in [0.1, 0.15) is 5.56 Å². The summed E-state index contributed by atoms with van der Waals surface area (Å²) in [5.74, 6) is 0. The Bertz CT molecular complexity index is 508. The minimum absolute atomic E-state index is 0.108. The number of carbonyl (C=O) groups is 1. The van der Waals surface area contributed by atoms with Gasteiger partial charge in [-0.25, -0.2) is 10.2 Å². The number of benzene rings is 1. The van der Waals surface area contributed by atoms with Gasteiger partial charge in [0, 0.05) is 21.2 Å². The van der Waals surface area contributed by atoms with E-state index in [9.17, 15) is 4.79 Å². The molecule has 1 fully saturated rings. The summed E-state index contributed by atoms with van der Waals surface area (Å²) in [5.41, 5.74) is 6.65. The number of rotatable bonds is 8. The fourth-order valence-electron chi connectivity index (χ4n) is 2.47. The van der Waals surface area contributed by atoms with Gasteiger partial charge < -0.3 is 14.8 Å². The van der Waals surface area contributed by atoms with Gasteiger partial charge in [-0.3, -0.25) is 5.43 Å². The van der Waals surface area contributed by atoms with Gasteiger partial charge in [0.05, 0.1) is 12.1 Å². The highest BCUT2D eigenvalue weighted by Crippen LogP contribution is 2.11. The molecule has 2 amide bonds. The smallest absolute Gasteiger partial charge is 0.329 e. The van der Waals surface area contributed by atoms with E-state index in [2.05, 4.69) is 47.9 Å². The number of urea groups is 1. The van der Waals surface area contributed by atoms with Crippen molar-refractivity contribution in [3.05, 3.63) is 35.9 Å². The van der Waals surface area contributed by atoms with E-state index in [1.807, 2.05) is 18.2 Å². The number of nitrogens with one attached hydrogen (secondary N) is 3. The van der Waals surface area contributed by atoms with Gasteiger partial charge in [-0.15, -0.1) is 0 Å². The second-order valence-electron chi connectivity index (χ2n) is 7.32. The molecule has 0 aromatic heterocycles. The molecule has 0 aliphatic carbocycles.